The zero-order valence-electron chi connectivity index (χ0n) is 12.0. The van der Waals surface area contributed by atoms with Crippen molar-refractivity contribution in [3.63, 3.8) is 0 Å². The minimum absolute atomic E-state index is 0.271. The third-order valence-electron chi connectivity index (χ3n) is 3.51. The lowest BCUT2D eigenvalue weighted by Gasteiger charge is -2.01. The summed E-state index contributed by atoms with van der Waals surface area (Å²) in [7, 11) is 0. The van der Waals surface area contributed by atoms with E-state index in [0.29, 0.717) is 5.13 Å². The fourth-order valence-electron chi connectivity index (χ4n) is 2.38. The van der Waals surface area contributed by atoms with E-state index in [1.54, 1.807) is 12.1 Å². The van der Waals surface area contributed by atoms with Crippen LogP contribution in [-0.4, -0.2) is 10.9 Å². The summed E-state index contributed by atoms with van der Waals surface area (Å²) in [5, 5.41) is 7.59. The number of furan rings is 1. The molecular weight excluding hydrogens is 308 g/mol. The number of aromatic nitrogens is 1. The van der Waals surface area contributed by atoms with Crippen molar-refractivity contribution >= 4 is 33.1 Å². The van der Waals surface area contributed by atoms with E-state index in [1.807, 2.05) is 23.6 Å². The molecule has 0 aliphatic carbocycles. The average molecular weight is 320 g/mol. The van der Waals surface area contributed by atoms with Crippen molar-refractivity contribution < 1.29 is 9.21 Å². The van der Waals surface area contributed by atoms with Gasteiger partial charge in [-0.15, -0.1) is 11.3 Å². The van der Waals surface area contributed by atoms with Crippen molar-refractivity contribution in [1.29, 1.82) is 0 Å². The summed E-state index contributed by atoms with van der Waals surface area (Å²) in [6.07, 6.45) is 1.47. The number of hydrogen-bond donors (Lipinski definition) is 1. The van der Waals surface area contributed by atoms with Gasteiger partial charge in [0.25, 0.3) is 5.91 Å². The van der Waals surface area contributed by atoms with Gasteiger partial charge in [-0.1, -0.05) is 36.4 Å². The van der Waals surface area contributed by atoms with Gasteiger partial charge in [0.05, 0.1) is 12.0 Å². The molecule has 23 heavy (non-hydrogen) atoms. The molecule has 0 fully saturated rings. The SMILES string of the molecule is O=C(Nc1nc(-c2ccc3ccccc3c2)cs1)c1ccco1. The Morgan fingerprint density at radius 3 is 2.74 bits per heavy atom. The number of carbonyl (C=O) groups is 1. The van der Waals surface area contributed by atoms with E-state index in [4.69, 9.17) is 4.42 Å². The van der Waals surface area contributed by atoms with Gasteiger partial charge in [-0.05, 0) is 29.0 Å². The minimum Gasteiger partial charge on any atom is -0.459 e. The number of carbonyl (C=O) groups excluding carboxylic acids is 1. The first-order chi connectivity index (χ1) is 11.3. The molecule has 0 aliphatic heterocycles. The second-order valence-electron chi connectivity index (χ2n) is 5.03. The highest BCUT2D eigenvalue weighted by molar-refractivity contribution is 7.14. The van der Waals surface area contributed by atoms with Crippen LogP contribution in [0.25, 0.3) is 22.0 Å². The number of thiazole rings is 1. The van der Waals surface area contributed by atoms with Gasteiger partial charge in [-0.2, -0.15) is 0 Å². The van der Waals surface area contributed by atoms with Crippen molar-refractivity contribution in [3.8, 4) is 11.3 Å². The molecule has 2 aromatic carbocycles. The maximum absolute atomic E-state index is 12.0. The van der Waals surface area contributed by atoms with Crippen LogP contribution in [0.5, 0.6) is 0 Å². The van der Waals surface area contributed by atoms with E-state index >= 15 is 0 Å². The Morgan fingerprint density at radius 1 is 1.04 bits per heavy atom. The van der Waals surface area contributed by atoms with Gasteiger partial charge in [0.2, 0.25) is 0 Å². The zero-order valence-corrected chi connectivity index (χ0v) is 12.8. The first-order valence-corrected chi connectivity index (χ1v) is 7.97. The lowest BCUT2D eigenvalue weighted by atomic mass is 10.1. The largest absolute Gasteiger partial charge is 0.459 e. The topological polar surface area (TPSA) is 55.1 Å². The highest BCUT2D eigenvalue weighted by Gasteiger charge is 2.12. The normalized spacial score (nSPS) is 10.8. The van der Waals surface area contributed by atoms with Crippen LogP contribution in [0.1, 0.15) is 10.6 Å². The van der Waals surface area contributed by atoms with Crippen LogP contribution in [0.15, 0.2) is 70.7 Å². The number of amides is 1. The molecule has 0 spiro atoms. The molecule has 0 saturated carbocycles. The standard InChI is InChI=1S/C18H12N2O2S/c21-17(16-6-3-9-22-16)20-18-19-15(11-23-18)14-8-7-12-4-1-2-5-13(12)10-14/h1-11H,(H,19,20,21). The maximum atomic E-state index is 12.0. The van der Waals surface area contributed by atoms with Gasteiger partial charge < -0.3 is 4.42 Å². The smallest absolute Gasteiger partial charge is 0.293 e. The van der Waals surface area contributed by atoms with Crippen molar-refractivity contribution in [2.45, 2.75) is 0 Å². The second kappa shape index (κ2) is 5.70. The van der Waals surface area contributed by atoms with Gasteiger partial charge in [-0.3, -0.25) is 10.1 Å². The Hall–Kier alpha value is -2.92. The van der Waals surface area contributed by atoms with Crippen molar-refractivity contribution in [1.82, 2.24) is 4.98 Å². The number of anilines is 1. The third-order valence-corrected chi connectivity index (χ3v) is 4.27. The molecule has 0 atom stereocenters. The highest BCUT2D eigenvalue weighted by atomic mass is 32.1. The van der Waals surface area contributed by atoms with Gasteiger partial charge in [0.15, 0.2) is 10.9 Å². The molecule has 0 aliphatic rings. The molecular formula is C18H12N2O2S. The zero-order chi connectivity index (χ0) is 15.6. The van der Waals surface area contributed by atoms with Crippen LogP contribution in [-0.2, 0) is 0 Å². The fraction of sp³-hybridized carbons (Fsp3) is 0. The van der Waals surface area contributed by atoms with Gasteiger partial charge in [0.1, 0.15) is 0 Å². The Bertz CT molecular complexity index is 974. The number of benzene rings is 2. The van der Waals surface area contributed by atoms with E-state index in [0.717, 1.165) is 11.3 Å². The van der Waals surface area contributed by atoms with Crippen LogP contribution in [0, 0.1) is 0 Å². The summed E-state index contributed by atoms with van der Waals surface area (Å²) in [4.78, 5) is 16.4. The predicted molar refractivity (Wildman–Crippen MR) is 91.7 cm³/mol. The molecule has 4 aromatic rings. The second-order valence-corrected chi connectivity index (χ2v) is 5.89. The van der Waals surface area contributed by atoms with E-state index in [2.05, 4.69) is 34.6 Å². The summed E-state index contributed by atoms with van der Waals surface area (Å²) >= 11 is 1.39. The predicted octanol–water partition coefficient (Wildman–Crippen LogP) is 4.81. The number of rotatable bonds is 3. The molecule has 0 saturated heterocycles. The lowest BCUT2D eigenvalue weighted by Crippen LogP contribution is -2.10. The van der Waals surface area contributed by atoms with Gasteiger partial charge >= 0.3 is 0 Å². The Morgan fingerprint density at radius 2 is 1.91 bits per heavy atom. The number of fused-ring (bicyclic) bond motifs is 1. The summed E-state index contributed by atoms with van der Waals surface area (Å²) < 4.78 is 5.07. The monoisotopic (exact) mass is 320 g/mol. The molecule has 2 aromatic heterocycles. The third kappa shape index (κ3) is 2.74. The molecule has 0 radical (unpaired) electrons. The van der Waals surface area contributed by atoms with Crippen molar-refractivity contribution in [2.24, 2.45) is 0 Å². The van der Waals surface area contributed by atoms with Crippen LogP contribution < -0.4 is 5.32 Å². The van der Waals surface area contributed by atoms with Crippen molar-refractivity contribution in [3.05, 3.63) is 72.0 Å². The lowest BCUT2D eigenvalue weighted by molar-refractivity contribution is 0.0996. The van der Waals surface area contributed by atoms with E-state index < -0.39 is 0 Å². The maximum Gasteiger partial charge on any atom is 0.293 e. The Balaban J connectivity index is 1.60. The van der Waals surface area contributed by atoms with E-state index in [1.165, 1.54) is 28.4 Å². The minimum atomic E-state index is -0.297. The molecule has 112 valence electrons. The Kier molecular flexibility index (Phi) is 3.40. The number of nitrogens with one attached hydrogen (secondary N) is 1. The first kappa shape index (κ1) is 13.7. The summed E-state index contributed by atoms with van der Waals surface area (Å²) in [6, 6.07) is 17.7. The van der Waals surface area contributed by atoms with Crippen LogP contribution in [0.2, 0.25) is 0 Å². The molecule has 5 heteroatoms. The molecule has 0 unspecified atom stereocenters. The summed E-state index contributed by atoms with van der Waals surface area (Å²) in [5.74, 6) is -0.0260. The molecule has 1 N–H and O–H groups in total. The quantitative estimate of drug-likeness (QED) is 0.589. The summed E-state index contributed by atoms with van der Waals surface area (Å²) in [6.45, 7) is 0. The number of hydrogen-bond acceptors (Lipinski definition) is 4. The van der Waals surface area contributed by atoms with Crippen LogP contribution in [0.3, 0.4) is 0 Å². The van der Waals surface area contributed by atoms with E-state index in [-0.39, 0.29) is 11.7 Å². The molecule has 4 rings (SSSR count). The molecule has 0 bridgehead atoms. The molecule has 1 amide bonds. The van der Waals surface area contributed by atoms with Crippen molar-refractivity contribution in [2.75, 3.05) is 5.32 Å². The Labute approximate surface area is 136 Å². The first-order valence-electron chi connectivity index (χ1n) is 7.09. The van der Waals surface area contributed by atoms with Crippen LogP contribution >= 0.6 is 11.3 Å². The average Bonchev–Trinajstić information content (AvgIpc) is 3.26. The molecule has 4 nitrogen and oxygen atoms in total. The van der Waals surface area contributed by atoms with Crippen LogP contribution in [0.4, 0.5) is 5.13 Å². The summed E-state index contributed by atoms with van der Waals surface area (Å²) in [5.41, 5.74) is 1.87. The van der Waals surface area contributed by atoms with E-state index in [9.17, 15) is 4.79 Å². The van der Waals surface area contributed by atoms with Gasteiger partial charge in [-0.25, -0.2) is 4.98 Å². The van der Waals surface area contributed by atoms with Gasteiger partial charge in [0, 0.05) is 10.9 Å². The number of nitrogens with zero attached hydrogens (tertiary/aromatic N) is 1. The highest BCUT2D eigenvalue weighted by Crippen LogP contribution is 2.28. The molecule has 2 heterocycles. The fourth-order valence-corrected chi connectivity index (χ4v) is 3.09.